The highest BCUT2D eigenvalue weighted by atomic mass is 35.5. The molecule has 1 nitrogen and oxygen atoms in total. The first kappa shape index (κ1) is 13.2. The van der Waals surface area contributed by atoms with Crippen LogP contribution in [0.25, 0.3) is 10.9 Å². The van der Waals surface area contributed by atoms with Gasteiger partial charge in [-0.3, -0.25) is 0 Å². The Morgan fingerprint density at radius 2 is 1.80 bits per heavy atom. The molecule has 0 aliphatic rings. The first-order valence-corrected chi connectivity index (χ1v) is 6.97. The summed E-state index contributed by atoms with van der Waals surface area (Å²) >= 11 is 5.93. The van der Waals surface area contributed by atoms with Crippen molar-refractivity contribution in [3.8, 4) is 0 Å². The van der Waals surface area contributed by atoms with Crippen LogP contribution in [0.5, 0.6) is 0 Å². The lowest BCUT2D eigenvalue weighted by molar-refractivity contribution is 0.629. The predicted molar refractivity (Wildman–Crippen MR) is 82.0 cm³/mol. The lowest BCUT2D eigenvalue weighted by Gasteiger charge is -2.13. The molecule has 0 fully saturated rings. The SMILES string of the molecule is Cc1[nH]c2ccc(F)cc2c1C(C)c1ccc(Cl)cc1. The third-order valence-electron chi connectivity index (χ3n) is 3.80. The van der Waals surface area contributed by atoms with E-state index in [1.54, 1.807) is 12.1 Å². The standard InChI is InChI=1S/C17H15ClFN/c1-10(12-3-5-13(18)6-4-12)17-11(2)20-16-8-7-14(19)9-15(16)17/h3-10,20H,1-2H3. The molecule has 0 radical (unpaired) electrons. The molecule has 20 heavy (non-hydrogen) atoms. The van der Waals surface area contributed by atoms with E-state index in [0.29, 0.717) is 0 Å². The van der Waals surface area contributed by atoms with Gasteiger partial charge in [-0.25, -0.2) is 4.39 Å². The summed E-state index contributed by atoms with van der Waals surface area (Å²) < 4.78 is 13.5. The normalized spacial score (nSPS) is 12.8. The second-order valence-corrected chi connectivity index (χ2v) is 5.56. The third-order valence-corrected chi connectivity index (χ3v) is 4.05. The van der Waals surface area contributed by atoms with Crippen LogP contribution in [0.4, 0.5) is 4.39 Å². The van der Waals surface area contributed by atoms with Crippen molar-refractivity contribution in [2.75, 3.05) is 0 Å². The van der Waals surface area contributed by atoms with Crippen molar-refractivity contribution in [1.29, 1.82) is 0 Å². The molecular formula is C17H15ClFN. The van der Waals surface area contributed by atoms with Gasteiger partial charge in [0.05, 0.1) is 0 Å². The van der Waals surface area contributed by atoms with Crippen LogP contribution in [0.2, 0.25) is 5.02 Å². The Labute approximate surface area is 122 Å². The van der Waals surface area contributed by atoms with Crippen LogP contribution in [0.15, 0.2) is 42.5 Å². The quantitative estimate of drug-likeness (QED) is 0.648. The molecule has 1 aromatic heterocycles. The minimum atomic E-state index is -0.207. The van der Waals surface area contributed by atoms with Crippen LogP contribution in [0.1, 0.15) is 29.7 Å². The summed E-state index contributed by atoms with van der Waals surface area (Å²) in [6.45, 7) is 4.16. The maximum Gasteiger partial charge on any atom is 0.123 e. The summed E-state index contributed by atoms with van der Waals surface area (Å²) in [6.07, 6.45) is 0. The molecule has 1 atom stereocenters. The van der Waals surface area contributed by atoms with Crippen LogP contribution < -0.4 is 0 Å². The molecule has 1 heterocycles. The van der Waals surface area contributed by atoms with Gasteiger partial charge in [0.15, 0.2) is 0 Å². The third kappa shape index (κ3) is 2.20. The Kier molecular flexibility index (Phi) is 3.27. The number of aryl methyl sites for hydroxylation is 1. The Morgan fingerprint density at radius 1 is 1.10 bits per heavy atom. The summed E-state index contributed by atoms with van der Waals surface area (Å²) in [7, 11) is 0. The van der Waals surface area contributed by atoms with Crippen LogP contribution >= 0.6 is 11.6 Å². The molecule has 3 rings (SSSR count). The fourth-order valence-electron chi connectivity index (χ4n) is 2.80. The van der Waals surface area contributed by atoms with E-state index in [1.807, 2.05) is 31.2 Å². The molecular weight excluding hydrogens is 273 g/mol. The highest BCUT2D eigenvalue weighted by Crippen LogP contribution is 2.34. The maximum absolute atomic E-state index is 13.5. The zero-order valence-electron chi connectivity index (χ0n) is 11.4. The van der Waals surface area contributed by atoms with E-state index >= 15 is 0 Å². The van der Waals surface area contributed by atoms with Gasteiger partial charge >= 0.3 is 0 Å². The van der Waals surface area contributed by atoms with Crippen LogP contribution in [-0.4, -0.2) is 4.98 Å². The van der Waals surface area contributed by atoms with Gasteiger partial charge in [-0.15, -0.1) is 0 Å². The van der Waals surface area contributed by atoms with Gasteiger partial charge in [0.25, 0.3) is 0 Å². The second kappa shape index (κ2) is 4.95. The molecule has 2 aromatic carbocycles. The van der Waals surface area contributed by atoms with E-state index in [0.717, 1.165) is 27.2 Å². The summed E-state index contributed by atoms with van der Waals surface area (Å²) in [5.74, 6) is -0.0242. The van der Waals surface area contributed by atoms with Gasteiger partial charge in [0, 0.05) is 27.5 Å². The smallest absolute Gasteiger partial charge is 0.123 e. The molecule has 0 aliphatic heterocycles. The summed E-state index contributed by atoms with van der Waals surface area (Å²) in [4.78, 5) is 3.32. The largest absolute Gasteiger partial charge is 0.358 e. The van der Waals surface area contributed by atoms with E-state index in [4.69, 9.17) is 11.6 Å². The number of rotatable bonds is 2. The van der Waals surface area contributed by atoms with Crippen molar-refractivity contribution in [1.82, 2.24) is 4.98 Å². The lowest BCUT2D eigenvalue weighted by Crippen LogP contribution is -1.97. The average molecular weight is 288 g/mol. The molecule has 1 unspecified atom stereocenters. The number of fused-ring (bicyclic) bond motifs is 1. The van der Waals surface area contributed by atoms with Gasteiger partial charge in [-0.05, 0) is 48.4 Å². The first-order valence-electron chi connectivity index (χ1n) is 6.59. The molecule has 0 bridgehead atoms. The van der Waals surface area contributed by atoms with Crippen molar-refractivity contribution in [3.05, 3.63) is 70.1 Å². The van der Waals surface area contributed by atoms with Crippen molar-refractivity contribution >= 4 is 22.5 Å². The Hall–Kier alpha value is -1.80. The minimum absolute atomic E-state index is 0.183. The molecule has 1 N–H and O–H groups in total. The molecule has 3 aromatic rings. The summed E-state index contributed by atoms with van der Waals surface area (Å²) in [5.41, 5.74) is 4.36. The summed E-state index contributed by atoms with van der Waals surface area (Å²) in [6, 6.07) is 12.7. The van der Waals surface area contributed by atoms with E-state index in [2.05, 4.69) is 11.9 Å². The molecule has 0 aliphatic carbocycles. The van der Waals surface area contributed by atoms with Crippen molar-refractivity contribution in [3.63, 3.8) is 0 Å². The number of H-pyrrole nitrogens is 1. The molecule has 102 valence electrons. The topological polar surface area (TPSA) is 15.8 Å². The zero-order chi connectivity index (χ0) is 14.3. The van der Waals surface area contributed by atoms with Gasteiger partial charge in [0.2, 0.25) is 0 Å². The fourth-order valence-corrected chi connectivity index (χ4v) is 2.92. The van der Waals surface area contributed by atoms with Crippen LogP contribution in [-0.2, 0) is 0 Å². The molecule has 0 spiro atoms. The van der Waals surface area contributed by atoms with E-state index in [9.17, 15) is 4.39 Å². The highest BCUT2D eigenvalue weighted by Gasteiger charge is 2.17. The first-order chi connectivity index (χ1) is 9.56. The van der Waals surface area contributed by atoms with Crippen LogP contribution in [0, 0.1) is 12.7 Å². The summed E-state index contributed by atoms with van der Waals surface area (Å²) in [5, 5.41) is 1.67. The van der Waals surface area contributed by atoms with Gasteiger partial charge in [0.1, 0.15) is 5.82 Å². The van der Waals surface area contributed by atoms with E-state index in [1.165, 1.54) is 11.6 Å². The van der Waals surface area contributed by atoms with Gasteiger partial charge in [-0.2, -0.15) is 0 Å². The highest BCUT2D eigenvalue weighted by molar-refractivity contribution is 6.30. The zero-order valence-corrected chi connectivity index (χ0v) is 12.1. The molecule has 0 saturated carbocycles. The Morgan fingerprint density at radius 3 is 2.50 bits per heavy atom. The molecule has 0 amide bonds. The number of hydrogen-bond acceptors (Lipinski definition) is 0. The van der Waals surface area contributed by atoms with Gasteiger partial charge < -0.3 is 4.98 Å². The molecule has 3 heteroatoms. The number of benzene rings is 2. The van der Waals surface area contributed by atoms with E-state index in [-0.39, 0.29) is 11.7 Å². The fraction of sp³-hybridized carbons (Fsp3) is 0.176. The lowest BCUT2D eigenvalue weighted by atomic mass is 9.91. The van der Waals surface area contributed by atoms with Crippen LogP contribution in [0.3, 0.4) is 0 Å². The number of aromatic amines is 1. The Bertz CT molecular complexity index is 759. The predicted octanol–water partition coefficient (Wildman–Crippen LogP) is 5.42. The minimum Gasteiger partial charge on any atom is -0.358 e. The maximum atomic E-state index is 13.5. The molecule has 0 saturated heterocycles. The number of aromatic nitrogens is 1. The number of halogens is 2. The van der Waals surface area contributed by atoms with Crippen molar-refractivity contribution < 1.29 is 4.39 Å². The number of nitrogens with one attached hydrogen (secondary N) is 1. The van der Waals surface area contributed by atoms with Gasteiger partial charge in [-0.1, -0.05) is 30.7 Å². The van der Waals surface area contributed by atoms with E-state index < -0.39 is 0 Å². The van der Waals surface area contributed by atoms with Crippen molar-refractivity contribution in [2.24, 2.45) is 0 Å². The second-order valence-electron chi connectivity index (χ2n) is 5.13. The monoisotopic (exact) mass is 287 g/mol. The Balaban J connectivity index is 2.15. The average Bonchev–Trinajstić information content (AvgIpc) is 2.74. The number of hydrogen-bond donors (Lipinski definition) is 1. The van der Waals surface area contributed by atoms with Crippen molar-refractivity contribution in [2.45, 2.75) is 19.8 Å².